The average Bonchev–Trinajstić information content (AvgIpc) is 2.57. The number of carbonyl (C=O) groups is 3. The van der Waals surface area contributed by atoms with Crippen molar-refractivity contribution in [1.29, 1.82) is 0 Å². The number of hydrogen-bond donors (Lipinski definition) is 2. The molecule has 6 nitrogen and oxygen atoms in total. The van der Waals surface area contributed by atoms with Crippen molar-refractivity contribution >= 4 is 35.5 Å². The van der Waals surface area contributed by atoms with Gasteiger partial charge in [0.05, 0.1) is 0 Å². The number of carbonyl (C=O) groups excluding carboxylic acids is 3. The van der Waals surface area contributed by atoms with Crippen LogP contribution in [0.4, 0.5) is 4.79 Å². The lowest BCUT2D eigenvalue weighted by Crippen LogP contribution is -2.51. The third-order valence-corrected chi connectivity index (χ3v) is 3.64. The lowest BCUT2D eigenvalue weighted by atomic mass is 10.1. The van der Waals surface area contributed by atoms with Gasteiger partial charge in [-0.05, 0) is 41.5 Å². The van der Waals surface area contributed by atoms with Gasteiger partial charge in [-0.25, -0.2) is 4.79 Å². The molecule has 2 N–H and O–H groups in total. The molecule has 2 aromatic carbocycles. The number of nitrogens with one attached hydrogen (secondary N) is 2. The van der Waals surface area contributed by atoms with Crippen LogP contribution in [0.5, 0.6) is 5.75 Å². The average molecular weight is 357 g/mol. The molecular weight excluding hydrogens is 344 g/mol. The van der Waals surface area contributed by atoms with Crippen LogP contribution in [0.25, 0.3) is 6.08 Å². The molecule has 1 saturated heterocycles. The van der Waals surface area contributed by atoms with Gasteiger partial charge in [-0.2, -0.15) is 0 Å². The second-order valence-corrected chi connectivity index (χ2v) is 5.72. The van der Waals surface area contributed by atoms with E-state index in [9.17, 15) is 14.4 Å². The first-order chi connectivity index (χ1) is 12.0. The highest BCUT2D eigenvalue weighted by Gasteiger charge is 2.27. The molecule has 0 radical (unpaired) electrons. The Kier molecular flexibility index (Phi) is 4.81. The highest BCUT2D eigenvalue weighted by Crippen LogP contribution is 2.19. The predicted molar refractivity (Wildman–Crippen MR) is 91.9 cm³/mol. The summed E-state index contributed by atoms with van der Waals surface area (Å²) in [6.45, 7) is 0.329. The van der Waals surface area contributed by atoms with Gasteiger partial charge in [-0.1, -0.05) is 35.9 Å². The fourth-order valence-corrected chi connectivity index (χ4v) is 2.47. The fourth-order valence-electron chi connectivity index (χ4n) is 2.26. The summed E-state index contributed by atoms with van der Waals surface area (Å²) in [6, 6.07) is 13.4. The molecule has 2 aromatic rings. The third-order valence-electron chi connectivity index (χ3n) is 3.41. The van der Waals surface area contributed by atoms with Crippen molar-refractivity contribution in [1.82, 2.24) is 10.6 Å². The topological polar surface area (TPSA) is 84.5 Å². The van der Waals surface area contributed by atoms with Crippen molar-refractivity contribution in [2.24, 2.45) is 0 Å². The van der Waals surface area contributed by atoms with Crippen molar-refractivity contribution in [2.75, 3.05) is 0 Å². The summed E-state index contributed by atoms with van der Waals surface area (Å²) >= 11 is 5.93. The van der Waals surface area contributed by atoms with Crippen molar-refractivity contribution in [2.45, 2.75) is 6.61 Å². The normalized spacial score (nSPS) is 14.0. The van der Waals surface area contributed by atoms with E-state index in [1.807, 2.05) is 22.8 Å². The molecule has 0 atom stereocenters. The maximum absolute atomic E-state index is 11.7. The molecule has 3 rings (SSSR count). The van der Waals surface area contributed by atoms with E-state index in [0.29, 0.717) is 22.9 Å². The molecule has 0 saturated carbocycles. The zero-order valence-electron chi connectivity index (χ0n) is 12.9. The van der Waals surface area contributed by atoms with Gasteiger partial charge in [-0.15, -0.1) is 0 Å². The number of rotatable bonds is 4. The minimum absolute atomic E-state index is 0.147. The minimum atomic E-state index is -0.828. The van der Waals surface area contributed by atoms with Gasteiger partial charge in [0, 0.05) is 5.02 Å². The van der Waals surface area contributed by atoms with E-state index in [-0.39, 0.29) is 5.57 Å². The van der Waals surface area contributed by atoms with Gasteiger partial charge >= 0.3 is 6.03 Å². The van der Waals surface area contributed by atoms with Crippen LogP contribution in [0.3, 0.4) is 0 Å². The smallest absolute Gasteiger partial charge is 0.328 e. The molecule has 1 aliphatic heterocycles. The lowest BCUT2D eigenvalue weighted by Gasteiger charge is -2.14. The highest BCUT2D eigenvalue weighted by molar-refractivity contribution is 6.31. The van der Waals surface area contributed by atoms with Crippen molar-refractivity contribution in [3.05, 3.63) is 70.3 Å². The Morgan fingerprint density at radius 1 is 0.960 bits per heavy atom. The SMILES string of the molecule is O=C1NC(=O)C(=Cc2cccc(OCc3cccc(Cl)c3)c2)C(=O)N1. The van der Waals surface area contributed by atoms with Crippen LogP contribution >= 0.6 is 11.6 Å². The standard InChI is InChI=1S/C18H13ClN2O4/c19-13-5-1-4-12(7-13)10-25-14-6-2-3-11(8-14)9-15-16(22)20-18(24)21-17(15)23/h1-9H,10H2,(H2,20,21,22,23,24). The lowest BCUT2D eigenvalue weighted by molar-refractivity contribution is -0.123. The predicted octanol–water partition coefficient (Wildman–Crippen LogP) is 2.67. The largest absolute Gasteiger partial charge is 0.489 e. The van der Waals surface area contributed by atoms with Gasteiger partial charge in [0.1, 0.15) is 17.9 Å². The maximum Gasteiger partial charge on any atom is 0.328 e. The monoisotopic (exact) mass is 356 g/mol. The quantitative estimate of drug-likeness (QED) is 0.651. The third kappa shape index (κ3) is 4.24. The van der Waals surface area contributed by atoms with E-state index in [1.165, 1.54) is 6.08 Å². The molecule has 0 aromatic heterocycles. The summed E-state index contributed by atoms with van der Waals surface area (Å²) in [7, 11) is 0. The Morgan fingerprint density at radius 2 is 1.68 bits per heavy atom. The van der Waals surface area contributed by atoms with Crippen LogP contribution in [0.15, 0.2) is 54.1 Å². The first-order valence-electron chi connectivity index (χ1n) is 7.37. The number of barbiturate groups is 1. The Bertz CT molecular complexity index is 870. The molecule has 1 heterocycles. The Morgan fingerprint density at radius 3 is 2.40 bits per heavy atom. The number of imide groups is 2. The second-order valence-electron chi connectivity index (χ2n) is 5.29. The zero-order valence-corrected chi connectivity index (χ0v) is 13.7. The summed E-state index contributed by atoms with van der Waals surface area (Å²) < 4.78 is 5.70. The van der Waals surface area contributed by atoms with E-state index in [1.54, 1.807) is 36.4 Å². The molecule has 25 heavy (non-hydrogen) atoms. The van der Waals surface area contributed by atoms with Crippen molar-refractivity contribution < 1.29 is 19.1 Å². The van der Waals surface area contributed by atoms with Gasteiger partial charge < -0.3 is 4.74 Å². The molecular formula is C18H13ClN2O4. The number of ether oxygens (including phenoxy) is 1. The van der Waals surface area contributed by atoms with Crippen LogP contribution in [0.1, 0.15) is 11.1 Å². The van der Waals surface area contributed by atoms with E-state index < -0.39 is 17.8 Å². The van der Waals surface area contributed by atoms with E-state index in [4.69, 9.17) is 16.3 Å². The number of amides is 4. The number of halogens is 1. The first kappa shape index (κ1) is 16.7. The summed E-state index contributed by atoms with van der Waals surface area (Å²) in [6.07, 6.45) is 1.39. The van der Waals surface area contributed by atoms with Crippen LogP contribution in [-0.4, -0.2) is 17.8 Å². The van der Waals surface area contributed by atoms with Gasteiger partial charge in [0.2, 0.25) is 0 Å². The first-order valence-corrected chi connectivity index (χ1v) is 7.75. The Balaban J connectivity index is 1.75. The summed E-state index contributed by atoms with van der Waals surface area (Å²) in [5.74, 6) is -0.903. The number of benzene rings is 2. The maximum atomic E-state index is 11.7. The van der Waals surface area contributed by atoms with Gasteiger partial charge in [0.25, 0.3) is 11.8 Å². The fraction of sp³-hybridized carbons (Fsp3) is 0.0556. The van der Waals surface area contributed by atoms with Crippen molar-refractivity contribution in [3.8, 4) is 5.75 Å². The van der Waals surface area contributed by atoms with Crippen molar-refractivity contribution in [3.63, 3.8) is 0 Å². The van der Waals surface area contributed by atoms with Crippen LogP contribution in [0, 0.1) is 0 Å². The second kappa shape index (κ2) is 7.19. The highest BCUT2D eigenvalue weighted by atomic mass is 35.5. The molecule has 126 valence electrons. The van der Waals surface area contributed by atoms with Crippen LogP contribution in [-0.2, 0) is 16.2 Å². The number of hydrogen-bond acceptors (Lipinski definition) is 4. The molecule has 0 bridgehead atoms. The summed E-state index contributed by atoms with van der Waals surface area (Å²) in [5, 5.41) is 4.68. The molecule has 0 spiro atoms. The molecule has 7 heteroatoms. The molecule has 0 unspecified atom stereocenters. The van der Waals surface area contributed by atoms with Gasteiger partial charge in [-0.3, -0.25) is 20.2 Å². The Hall–Kier alpha value is -3.12. The van der Waals surface area contributed by atoms with E-state index >= 15 is 0 Å². The zero-order chi connectivity index (χ0) is 17.8. The van der Waals surface area contributed by atoms with Crippen LogP contribution in [0.2, 0.25) is 5.02 Å². The Labute approximate surface area is 148 Å². The molecule has 1 aliphatic rings. The minimum Gasteiger partial charge on any atom is -0.489 e. The van der Waals surface area contributed by atoms with E-state index in [2.05, 4.69) is 0 Å². The molecule has 1 fully saturated rings. The molecule has 4 amide bonds. The van der Waals surface area contributed by atoms with E-state index in [0.717, 1.165) is 5.56 Å². The van der Waals surface area contributed by atoms with Crippen LogP contribution < -0.4 is 15.4 Å². The molecule has 0 aliphatic carbocycles. The number of urea groups is 1. The van der Waals surface area contributed by atoms with Gasteiger partial charge in [0.15, 0.2) is 0 Å². The summed E-state index contributed by atoms with van der Waals surface area (Å²) in [4.78, 5) is 34.5. The summed E-state index contributed by atoms with van der Waals surface area (Å²) in [5.41, 5.74) is 1.37.